The van der Waals surface area contributed by atoms with E-state index in [0.29, 0.717) is 0 Å². The minimum atomic E-state index is -4.84. The second-order valence-electron chi connectivity index (χ2n) is 38.9. The number of sulfonamides is 1. The third kappa shape index (κ3) is 26.7. The molecule has 140 heavy (non-hydrogen) atoms. The molecule has 0 amide bonds. The highest BCUT2D eigenvalue weighted by Gasteiger charge is 2.63. The standard InChI is InChI=1S/C111H141NO25SSi2/c1-73(2)139(74(3)4,75(5)6)126-71-90-95(113)100(133-110-106(103-99(136-111(114)137-103)93(131-110)72-127-140(76(7)8,77(9)10)78(11)12)135-108-104(124-67-86-53-35-20-36-54-86)101(123-66-85-51-33-19-34-52-85)96(79(13)128-108)121-64-83-47-29-17-30-48-83)94(112-138(115,116)88-57-39-22-40-58-88)107(129-90)134-102-98(122-65-84-49-31-18-32-50-84)92(70-118-62-81-43-25-15-26-44-81)130-109(105(102)125-68-87-55-37-21-38-56-87)132-97-89(120-63-82-45-27-16-28-46-82)59-60-119-91(97)69-117-61-80-41-23-14-24-42-80/h14-60,73-79,89-110,112-113H,61-72H2,1-13H3/t79-,89+,90+,91+,92+,93+,94+,95-,96+,97+,98-,99-,100+,101+,102-,103-,104-,105+,106+,107?,108-,109+,110-/m0/s1. The van der Waals surface area contributed by atoms with E-state index in [0.717, 1.165) is 44.5 Å². The Morgan fingerprint density at radius 2 is 0.657 bits per heavy atom. The third-order valence-corrected chi connectivity index (χ3v) is 41.3. The minimum absolute atomic E-state index is 0.00145. The smallest absolute Gasteiger partial charge is 0.493 e. The topological polar surface area (TPSA) is 277 Å². The molecule has 5 saturated heterocycles. The van der Waals surface area contributed by atoms with Gasteiger partial charge in [-0.25, -0.2) is 17.9 Å². The highest BCUT2D eigenvalue weighted by atomic mass is 32.2. The number of aliphatic hydroxyl groups excluding tert-OH is 1. The summed E-state index contributed by atoms with van der Waals surface area (Å²) in [5, 5.41) is 14.5. The third-order valence-electron chi connectivity index (χ3n) is 27.7. The maximum absolute atomic E-state index is 16.4. The molecule has 23 atom stereocenters. The van der Waals surface area contributed by atoms with Gasteiger partial charge in [0, 0.05) is 0 Å². The molecule has 0 saturated carbocycles. The van der Waals surface area contributed by atoms with Gasteiger partial charge in [-0.15, -0.1) is 0 Å². The molecule has 5 fully saturated rings. The predicted octanol–water partition coefficient (Wildman–Crippen LogP) is 19.3. The van der Waals surface area contributed by atoms with Gasteiger partial charge in [-0.2, -0.15) is 0 Å². The molecule has 754 valence electrons. The van der Waals surface area contributed by atoms with E-state index in [1.807, 2.05) is 250 Å². The van der Waals surface area contributed by atoms with Gasteiger partial charge in [-0.3, -0.25) is 0 Å². The van der Waals surface area contributed by atoms with Gasteiger partial charge >= 0.3 is 6.16 Å². The number of fused-ring (bicyclic) bond motifs is 1. The van der Waals surface area contributed by atoms with E-state index in [2.05, 4.69) is 87.8 Å². The Kier molecular flexibility index (Phi) is 38.3. The van der Waals surface area contributed by atoms with E-state index in [4.69, 9.17) is 98.9 Å². The first-order valence-electron chi connectivity index (χ1n) is 49.5. The fourth-order valence-electron chi connectivity index (χ4n) is 20.9. The van der Waals surface area contributed by atoms with Crippen LogP contribution in [0.1, 0.15) is 135 Å². The lowest BCUT2D eigenvalue weighted by Gasteiger charge is -2.52. The number of hydrogen-bond acceptors (Lipinski definition) is 25. The summed E-state index contributed by atoms with van der Waals surface area (Å²) in [5.41, 5.74) is 6.99. The van der Waals surface area contributed by atoms with Gasteiger partial charge in [-0.1, -0.05) is 344 Å². The first-order chi connectivity index (χ1) is 67.8. The number of hydrogen-bond donors (Lipinski definition) is 2. The number of benzene rings is 9. The Morgan fingerprint density at radius 3 is 1.10 bits per heavy atom. The van der Waals surface area contributed by atoms with Crippen LogP contribution in [0.4, 0.5) is 4.79 Å². The number of carbonyl (C=O) groups is 1. The van der Waals surface area contributed by atoms with Crippen LogP contribution in [0.5, 0.6) is 0 Å². The maximum Gasteiger partial charge on any atom is 0.509 e. The maximum atomic E-state index is 16.4. The summed E-state index contributed by atoms with van der Waals surface area (Å²) in [6, 6.07) is 83.8. The summed E-state index contributed by atoms with van der Waals surface area (Å²) < 4.78 is 189. The van der Waals surface area contributed by atoms with Crippen LogP contribution in [-0.4, -0.2) is 204 Å². The van der Waals surface area contributed by atoms with Gasteiger partial charge in [0.25, 0.3) is 0 Å². The average molecular weight is 1980 g/mol. The van der Waals surface area contributed by atoms with E-state index in [9.17, 15) is 9.90 Å². The molecule has 1 unspecified atom stereocenters. The van der Waals surface area contributed by atoms with Crippen molar-refractivity contribution < 1.29 is 117 Å². The van der Waals surface area contributed by atoms with E-state index in [1.165, 1.54) is 12.1 Å². The Hall–Kier alpha value is -8.63. The van der Waals surface area contributed by atoms with Crippen molar-refractivity contribution in [2.24, 2.45) is 0 Å². The van der Waals surface area contributed by atoms with Crippen LogP contribution >= 0.6 is 0 Å². The Bertz CT molecular complexity index is 5250. The average Bonchev–Trinajstić information content (AvgIpc) is 1.39. The van der Waals surface area contributed by atoms with Crippen LogP contribution in [0, 0.1) is 0 Å². The second-order valence-corrected chi connectivity index (χ2v) is 51.6. The lowest BCUT2D eigenvalue weighted by atomic mass is 9.94. The number of nitrogens with one attached hydrogen (secondary N) is 1. The lowest BCUT2D eigenvalue weighted by molar-refractivity contribution is -0.388. The molecule has 0 radical (unpaired) electrons. The molecule has 0 spiro atoms. The van der Waals surface area contributed by atoms with Gasteiger partial charge < -0.3 is 104 Å². The molecule has 26 nitrogen and oxygen atoms in total. The zero-order valence-electron chi connectivity index (χ0n) is 82.5. The fraction of sp³-hybridized carbons (Fsp3) is 0.486. The van der Waals surface area contributed by atoms with E-state index in [-0.39, 0.29) is 117 Å². The molecule has 29 heteroatoms. The molecule has 2 N–H and O–H groups in total. The highest BCUT2D eigenvalue weighted by molar-refractivity contribution is 7.89. The van der Waals surface area contributed by atoms with E-state index < -0.39 is 174 Å². The van der Waals surface area contributed by atoms with Gasteiger partial charge in [0.15, 0.2) is 66.2 Å². The molecule has 15 rings (SSSR count). The number of ether oxygens (including phenoxy) is 19. The van der Waals surface area contributed by atoms with Crippen molar-refractivity contribution in [1.82, 2.24) is 4.72 Å². The van der Waals surface area contributed by atoms with Crippen molar-refractivity contribution in [2.75, 3.05) is 26.4 Å². The molecule has 6 heterocycles. The quantitative estimate of drug-likeness (QED) is 0.0265. The molecular formula is C111H141NO25SSi2. The molecule has 6 aliphatic rings. The van der Waals surface area contributed by atoms with Crippen LogP contribution in [0.25, 0.3) is 0 Å². The van der Waals surface area contributed by atoms with Crippen molar-refractivity contribution >= 4 is 32.8 Å². The normalized spacial score (nSPS) is 27.8. The summed E-state index contributed by atoms with van der Waals surface area (Å²) in [4.78, 5) is 14.5. The van der Waals surface area contributed by atoms with Crippen LogP contribution in [-0.2, 0) is 162 Å². The van der Waals surface area contributed by atoms with E-state index in [1.54, 1.807) is 30.5 Å². The van der Waals surface area contributed by atoms with Crippen LogP contribution in [0.2, 0.25) is 33.2 Å². The summed E-state index contributed by atoms with van der Waals surface area (Å²) in [6.07, 6.45) is -27.0. The lowest BCUT2D eigenvalue weighted by Crippen LogP contribution is -2.71. The van der Waals surface area contributed by atoms with Crippen molar-refractivity contribution in [1.29, 1.82) is 0 Å². The number of rotatable bonds is 49. The first-order valence-corrected chi connectivity index (χ1v) is 55.2. The molecule has 0 aliphatic carbocycles. The summed E-state index contributed by atoms with van der Waals surface area (Å²) in [7, 11) is -10.7. The van der Waals surface area contributed by atoms with Gasteiger partial charge in [0.05, 0.1) is 96.5 Å². The largest absolute Gasteiger partial charge is 0.509 e. The molecule has 6 aliphatic heterocycles. The zero-order valence-corrected chi connectivity index (χ0v) is 85.3. The van der Waals surface area contributed by atoms with E-state index >= 15 is 8.42 Å². The molecule has 9 aromatic carbocycles. The van der Waals surface area contributed by atoms with Crippen LogP contribution < -0.4 is 4.72 Å². The van der Waals surface area contributed by atoms with Gasteiger partial charge in [0.1, 0.15) is 85.4 Å². The Labute approximate surface area is 828 Å². The zero-order chi connectivity index (χ0) is 98.3. The van der Waals surface area contributed by atoms with Crippen LogP contribution in [0.3, 0.4) is 0 Å². The minimum Gasteiger partial charge on any atom is -0.493 e. The van der Waals surface area contributed by atoms with Gasteiger partial charge in [0.2, 0.25) is 10.0 Å². The van der Waals surface area contributed by atoms with Gasteiger partial charge in [-0.05, 0) is 103 Å². The SMILES string of the molecule is CC(C)[Si](OC[C@H]1OC(O[C@H]2[C@@H](OCc3ccccc3)[C@@H](COCc3ccccc3)O[C@H](O[C@@H]3[C@H](OCc4ccccc4)C=CO[C@@H]3COCc3ccccc3)[C@@H]2OCc2ccccc2)[C@H](NS(=O)(=O)c2ccccc2)[C@@H](O[C@@H]2O[C@H](CO[Si](C(C)C)(C(C)C)C(C)C)[C@@H]3OC(=O)O[C@@H]3[C@H]2O[C@@H]2O[C@@H](C)[C@@H](OCc3ccccc3)[C@@H](OCc3ccccc3)[C@@H]2OCc2ccccc2)[C@H]1O)(C(C)C)C(C)C. The predicted molar refractivity (Wildman–Crippen MR) is 532 cm³/mol. The van der Waals surface area contributed by atoms with Crippen molar-refractivity contribution in [3.8, 4) is 0 Å². The number of aliphatic hydroxyl groups is 1. The Balaban J connectivity index is 0.911. The van der Waals surface area contributed by atoms with Crippen LogP contribution in [0.15, 0.2) is 290 Å². The number of carbonyl (C=O) groups excluding carboxylic acids is 1. The first kappa shape index (κ1) is 106. The van der Waals surface area contributed by atoms with Crippen molar-refractivity contribution in [2.45, 2.75) is 322 Å². The highest BCUT2D eigenvalue weighted by Crippen LogP contribution is 2.48. The second kappa shape index (κ2) is 50.7. The molecule has 0 bridgehead atoms. The molecular weight excluding hydrogens is 1840 g/mol. The fourth-order valence-corrected chi connectivity index (χ4v) is 33.1. The Morgan fingerprint density at radius 1 is 0.329 bits per heavy atom. The van der Waals surface area contributed by atoms with Crippen molar-refractivity contribution in [3.63, 3.8) is 0 Å². The summed E-state index contributed by atoms with van der Waals surface area (Å²) in [6.45, 7) is 27.9. The monoisotopic (exact) mass is 1980 g/mol. The summed E-state index contributed by atoms with van der Waals surface area (Å²) >= 11 is 0. The molecule has 9 aromatic rings. The van der Waals surface area contributed by atoms with Crippen molar-refractivity contribution in [3.05, 3.63) is 330 Å². The summed E-state index contributed by atoms with van der Waals surface area (Å²) in [5.74, 6) is 0. The molecule has 0 aromatic heterocycles.